The molecular formula is C9H6BrF2N3. The fourth-order valence-electron chi connectivity index (χ4n) is 1.16. The first-order chi connectivity index (χ1) is 7.08. The number of hydrogen-bond acceptors (Lipinski definition) is 2. The molecule has 3 nitrogen and oxygen atoms in total. The normalized spacial score (nSPS) is 10.7. The van der Waals surface area contributed by atoms with Gasteiger partial charge in [-0.25, -0.2) is 13.8 Å². The van der Waals surface area contributed by atoms with Crippen molar-refractivity contribution in [1.29, 1.82) is 0 Å². The maximum Gasteiger partial charge on any atom is 0.184 e. The molecule has 1 aromatic carbocycles. The minimum Gasteiger partial charge on any atom is -0.255 e. The number of aryl methyl sites for hydroxylation is 1. The van der Waals surface area contributed by atoms with Crippen molar-refractivity contribution in [3.05, 3.63) is 34.6 Å². The van der Waals surface area contributed by atoms with Gasteiger partial charge in [0, 0.05) is 7.05 Å². The first kappa shape index (κ1) is 10.2. The SMILES string of the molecule is Cn1cnc(-c2cc(F)c(Br)cc2F)n1. The number of benzene rings is 1. The summed E-state index contributed by atoms with van der Waals surface area (Å²) < 4.78 is 28.1. The molecule has 78 valence electrons. The van der Waals surface area contributed by atoms with Crippen LogP contribution in [0.15, 0.2) is 22.9 Å². The molecule has 0 bridgehead atoms. The Bertz CT molecular complexity index is 510. The Morgan fingerprint density at radius 1 is 1.27 bits per heavy atom. The van der Waals surface area contributed by atoms with Crippen molar-refractivity contribution >= 4 is 15.9 Å². The van der Waals surface area contributed by atoms with Crippen LogP contribution in [0.3, 0.4) is 0 Å². The molecule has 0 fully saturated rings. The summed E-state index contributed by atoms with van der Waals surface area (Å²) in [5.41, 5.74) is 0.0521. The van der Waals surface area contributed by atoms with Gasteiger partial charge in [0.15, 0.2) is 5.82 Å². The van der Waals surface area contributed by atoms with E-state index in [0.29, 0.717) is 0 Å². The van der Waals surface area contributed by atoms with E-state index in [1.807, 2.05) is 0 Å². The van der Waals surface area contributed by atoms with Crippen LogP contribution in [-0.2, 0) is 7.05 Å². The molecule has 0 amide bonds. The third-order valence-corrected chi connectivity index (χ3v) is 2.46. The molecule has 0 saturated carbocycles. The smallest absolute Gasteiger partial charge is 0.184 e. The van der Waals surface area contributed by atoms with Gasteiger partial charge in [-0.05, 0) is 28.1 Å². The van der Waals surface area contributed by atoms with Crippen LogP contribution >= 0.6 is 15.9 Å². The van der Waals surface area contributed by atoms with Gasteiger partial charge >= 0.3 is 0 Å². The van der Waals surface area contributed by atoms with E-state index in [9.17, 15) is 8.78 Å². The number of aromatic nitrogens is 3. The zero-order valence-corrected chi connectivity index (χ0v) is 9.29. The zero-order valence-electron chi connectivity index (χ0n) is 7.71. The van der Waals surface area contributed by atoms with Crippen molar-refractivity contribution in [3.8, 4) is 11.4 Å². The highest BCUT2D eigenvalue weighted by Crippen LogP contribution is 2.25. The Balaban J connectivity index is 2.58. The van der Waals surface area contributed by atoms with Crippen molar-refractivity contribution in [2.75, 3.05) is 0 Å². The number of rotatable bonds is 1. The van der Waals surface area contributed by atoms with Crippen LogP contribution in [0.1, 0.15) is 0 Å². The third kappa shape index (κ3) is 1.90. The molecule has 1 aromatic heterocycles. The topological polar surface area (TPSA) is 30.7 Å². The summed E-state index contributed by atoms with van der Waals surface area (Å²) in [5.74, 6) is -0.935. The predicted octanol–water partition coefficient (Wildman–Crippen LogP) is 2.52. The summed E-state index contributed by atoms with van der Waals surface area (Å²) in [7, 11) is 1.66. The molecule has 15 heavy (non-hydrogen) atoms. The van der Waals surface area contributed by atoms with Crippen LogP contribution in [0.2, 0.25) is 0 Å². The summed E-state index contributed by atoms with van der Waals surface area (Å²) in [6.07, 6.45) is 1.43. The van der Waals surface area contributed by atoms with Crippen LogP contribution in [0.5, 0.6) is 0 Å². The molecule has 0 aliphatic rings. The molecule has 1 heterocycles. The zero-order chi connectivity index (χ0) is 11.0. The van der Waals surface area contributed by atoms with Crippen LogP contribution in [0.25, 0.3) is 11.4 Å². The highest BCUT2D eigenvalue weighted by Gasteiger charge is 2.13. The van der Waals surface area contributed by atoms with Crippen molar-refractivity contribution in [3.63, 3.8) is 0 Å². The minimum absolute atomic E-state index is 0.0521. The van der Waals surface area contributed by atoms with Crippen LogP contribution in [0, 0.1) is 11.6 Å². The quantitative estimate of drug-likeness (QED) is 0.748. The largest absolute Gasteiger partial charge is 0.255 e. The summed E-state index contributed by atoms with van der Waals surface area (Å²) in [6.45, 7) is 0. The number of nitrogens with zero attached hydrogens (tertiary/aromatic N) is 3. The molecule has 0 unspecified atom stereocenters. The van der Waals surface area contributed by atoms with Gasteiger partial charge in [0.05, 0.1) is 10.0 Å². The summed E-state index contributed by atoms with van der Waals surface area (Å²) in [4.78, 5) is 3.85. The highest BCUT2D eigenvalue weighted by molar-refractivity contribution is 9.10. The Kier molecular flexibility index (Phi) is 2.52. The maximum absolute atomic E-state index is 13.4. The summed E-state index contributed by atoms with van der Waals surface area (Å²) in [6, 6.07) is 2.12. The monoisotopic (exact) mass is 273 g/mol. The van der Waals surface area contributed by atoms with E-state index in [4.69, 9.17) is 0 Å². The molecule has 0 aliphatic carbocycles. The second-order valence-corrected chi connectivity index (χ2v) is 3.84. The van der Waals surface area contributed by atoms with E-state index in [2.05, 4.69) is 26.0 Å². The fourth-order valence-corrected chi connectivity index (χ4v) is 1.47. The molecule has 0 aliphatic heterocycles. The second-order valence-electron chi connectivity index (χ2n) is 2.99. The van der Waals surface area contributed by atoms with E-state index >= 15 is 0 Å². The molecule has 0 spiro atoms. The standard InChI is InChI=1S/C9H6BrF2N3/c1-15-4-13-9(14-15)5-2-8(12)6(10)3-7(5)11/h2-4H,1H3. The minimum atomic E-state index is -0.561. The molecule has 0 N–H and O–H groups in total. The van der Waals surface area contributed by atoms with Crippen molar-refractivity contribution < 1.29 is 8.78 Å². The van der Waals surface area contributed by atoms with Gasteiger partial charge in [-0.15, -0.1) is 0 Å². The van der Waals surface area contributed by atoms with Crippen LogP contribution in [0.4, 0.5) is 8.78 Å². The van der Waals surface area contributed by atoms with Crippen molar-refractivity contribution in [2.24, 2.45) is 7.05 Å². The lowest BCUT2D eigenvalue weighted by Gasteiger charge is -2.00. The van der Waals surface area contributed by atoms with Crippen molar-refractivity contribution in [1.82, 2.24) is 14.8 Å². The number of halogens is 3. The lowest BCUT2D eigenvalue weighted by molar-refractivity contribution is 0.596. The van der Waals surface area contributed by atoms with Gasteiger partial charge in [-0.1, -0.05) is 0 Å². The Morgan fingerprint density at radius 2 is 2.00 bits per heavy atom. The van der Waals surface area contributed by atoms with E-state index in [1.165, 1.54) is 11.0 Å². The summed E-state index contributed by atoms with van der Waals surface area (Å²) in [5, 5.41) is 3.90. The highest BCUT2D eigenvalue weighted by atomic mass is 79.9. The maximum atomic E-state index is 13.4. The van der Waals surface area contributed by atoms with Crippen molar-refractivity contribution in [2.45, 2.75) is 0 Å². The van der Waals surface area contributed by atoms with Crippen LogP contribution in [-0.4, -0.2) is 14.8 Å². The molecule has 0 atom stereocenters. The van der Waals surface area contributed by atoms with Gasteiger partial charge in [-0.2, -0.15) is 5.10 Å². The second kappa shape index (κ2) is 3.69. The summed E-state index contributed by atoms with van der Waals surface area (Å²) >= 11 is 2.90. The number of hydrogen-bond donors (Lipinski definition) is 0. The van der Waals surface area contributed by atoms with Gasteiger partial charge in [0.25, 0.3) is 0 Å². The van der Waals surface area contributed by atoms with Gasteiger partial charge in [0.2, 0.25) is 0 Å². The molecular weight excluding hydrogens is 268 g/mol. The first-order valence-electron chi connectivity index (χ1n) is 4.08. The molecule has 2 rings (SSSR count). The van der Waals surface area contributed by atoms with Gasteiger partial charge < -0.3 is 0 Å². The fraction of sp³-hybridized carbons (Fsp3) is 0.111. The van der Waals surface area contributed by atoms with Gasteiger partial charge in [-0.3, -0.25) is 4.68 Å². The first-order valence-corrected chi connectivity index (χ1v) is 4.88. The third-order valence-electron chi connectivity index (χ3n) is 1.85. The Labute approximate surface area is 92.9 Å². The lowest BCUT2D eigenvalue weighted by atomic mass is 10.2. The molecule has 0 radical (unpaired) electrons. The van der Waals surface area contributed by atoms with E-state index in [0.717, 1.165) is 12.1 Å². The van der Waals surface area contributed by atoms with Crippen LogP contribution < -0.4 is 0 Å². The average molecular weight is 274 g/mol. The Morgan fingerprint density at radius 3 is 2.60 bits per heavy atom. The van der Waals surface area contributed by atoms with E-state index in [1.54, 1.807) is 7.05 Å². The van der Waals surface area contributed by atoms with E-state index in [-0.39, 0.29) is 15.9 Å². The molecule has 2 aromatic rings. The van der Waals surface area contributed by atoms with E-state index < -0.39 is 11.6 Å². The lowest BCUT2D eigenvalue weighted by Crippen LogP contribution is -1.92. The predicted molar refractivity (Wildman–Crippen MR) is 54.1 cm³/mol. The Hall–Kier alpha value is -1.30. The molecule has 6 heteroatoms. The average Bonchev–Trinajstić information content (AvgIpc) is 2.58. The van der Waals surface area contributed by atoms with Gasteiger partial charge in [0.1, 0.15) is 18.0 Å². The molecule has 0 saturated heterocycles.